The Labute approximate surface area is 100 Å². The van der Waals surface area contributed by atoms with Gasteiger partial charge in [0.05, 0.1) is 5.60 Å². The summed E-state index contributed by atoms with van der Waals surface area (Å²) in [5.74, 6) is 0. The third kappa shape index (κ3) is 4.40. The fraction of sp³-hybridized carbons (Fsp3) is 1.00. The van der Waals surface area contributed by atoms with Crippen LogP contribution in [0.25, 0.3) is 0 Å². The lowest BCUT2D eigenvalue weighted by Gasteiger charge is -2.32. The van der Waals surface area contributed by atoms with Crippen LogP contribution in [0.3, 0.4) is 0 Å². The molecule has 0 aromatic carbocycles. The van der Waals surface area contributed by atoms with Crippen LogP contribution >= 0.6 is 0 Å². The Bertz CT molecular complexity index is 167. The minimum atomic E-state index is -0.595. The van der Waals surface area contributed by atoms with Gasteiger partial charge >= 0.3 is 0 Å². The van der Waals surface area contributed by atoms with Crippen LogP contribution in [-0.4, -0.2) is 35.5 Å². The molecule has 0 unspecified atom stereocenters. The van der Waals surface area contributed by atoms with Crippen LogP contribution in [0, 0.1) is 5.41 Å². The number of hydrogen-bond donors (Lipinski definition) is 3. The van der Waals surface area contributed by atoms with Crippen molar-refractivity contribution in [1.29, 1.82) is 0 Å². The average Bonchev–Trinajstić information content (AvgIpc) is 2.35. The Morgan fingerprint density at radius 2 is 1.38 bits per heavy atom. The quantitative estimate of drug-likeness (QED) is 0.568. The maximum absolute atomic E-state index is 10.1. The summed E-state index contributed by atoms with van der Waals surface area (Å²) in [6, 6.07) is 0. The van der Waals surface area contributed by atoms with E-state index in [0.29, 0.717) is 6.54 Å². The van der Waals surface area contributed by atoms with Crippen molar-refractivity contribution in [2.45, 2.75) is 59.0 Å². The van der Waals surface area contributed by atoms with Crippen molar-refractivity contribution in [3.05, 3.63) is 0 Å². The molecule has 0 radical (unpaired) electrons. The van der Waals surface area contributed by atoms with Crippen molar-refractivity contribution in [1.82, 2.24) is 5.32 Å². The summed E-state index contributed by atoms with van der Waals surface area (Å²) in [6.45, 7) is 9.82. The molecule has 0 aliphatic heterocycles. The predicted molar refractivity (Wildman–Crippen MR) is 68.5 cm³/mol. The molecule has 3 heteroatoms. The van der Waals surface area contributed by atoms with Crippen LogP contribution in [-0.2, 0) is 0 Å². The highest BCUT2D eigenvalue weighted by Gasteiger charge is 2.27. The Balaban J connectivity index is 4.13. The van der Waals surface area contributed by atoms with E-state index >= 15 is 0 Å². The summed E-state index contributed by atoms with van der Waals surface area (Å²) in [7, 11) is 0. The minimum absolute atomic E-state index is 0.0254. The van der Waals surface area contributed by atoms with E-state index in [2.05, 4.69) is 19.2 Å². The molecule has 0 spiro atoms. The zero-order chi connectivity index (χ0) is 12.7. The Kier molecular flexibility index (Phi) is 7.20. The van der Waals surface area contributed by atoms with E-state index in [0.717, 1.165) is 32.2 Å². The molecule has 0 bridgehead atoms. The Hall–Kier alpha value is -0.120. The molecule has 0 aliphatic carbocycles. The number of aliphatic hydroxyl groups is 2. The number of hydrogen-bond acceptors (Lipinski definition) is 3. The number of rotatable bonds is 9. The third-order valence-electron chi connectivity index (χ3n) is 4.11. The molecular weight excluding hydrogens is 202 g/mol. The standard InChI is InChI=1S/C13H29NO2/c1-5-12(6-2,11-15)9-14-10-13(16,7-3)8-4/h14-16H,5-11H2,1-4H3. The lowest BCUT2D eigenvalue weighted by molar-refractivity contribution is 0.0258. The molecule has 0 aliphatic rings. The van der Waals surface area contributed by atoms with Crippen molar-refractivity contribution < 1.29 is 10.2 Å². The SMILES string of the molecule is CCC(O)(CC)CNCC(CC)(CC)CO. The van der Waals surface area contributed by atoms with Gasteiger partial charge in [-0.05, 0) is 25.7 Å². The van der Waals surface area contributed by atoms with Crippen LogP contribution in [0.5, 0.6) is 0 Å². The summed E-state index contributed by atoms with van der Waals surface area (Å²) >= 11 is 0. The van der Waals surface area contributed by atoms with Crippen molar-refractivity contribution in [2.24, 2.45) is 5.41 Å². The first kappa shape index (κ1) is 15.9. The van der Waals surface area contributed by atoms with E-state index in [4.69, 9.17) is 0 Å². The lowest BCUT2D eigenvalue weighted by Crippen LogP contribution is -2.44. The fourth-order valence-corrected chi connectivity index (χ4v) is 1.84. The molecule has 0 fully saturated rings. The second-order valence-electron chi connectivity index (χ2n) is 4.90. The van der Waals surface area contributed by atoms with Crippen LogP contribution < -0.4 is 5.32 Å². The fourth-order valence-electron chi connectivity index (χ4n) is 1.84. The maximum Gasteiger partial charge on any atom is 0.0766 e. The highest BCUT2D eigenvalue weighted by Crippen LogP contribution is 2.24. The minimum Gasteiger partial charge on any atom is -0.396 e. The van der Waals surface area contributed by atoms with Gasteiger partial charge in [-0.25, -0.2) is 0 Å². The van der Waals surface area contributed by atoms with Crippen molar-refractivity contribution in [3.8, 4) is 0 Å². The second kappa shape index (κ2) is 7.25. The zero-order valence-corrected chi connectivity index (χ0v) is 11.3. The highest BCUT2D eigenvalue weighted by atomic mass is 16.3. The van der Waals surface area contributed by atoms with Gasteiger partial charge in [0, 0.05) is 25.1 Å². The van der Waals surface area contributed by atoms with Gasteiger partial charge in [-0.2, -0.15) is 0 Å². The zero-order valence-electron chi connectivity index (χ0n) is 11.3. The molecule has 0 aromatic rings. The highest BCUT2D eigenvalue weighted by molar-refractivity contribution is 4.82. The van der Waals surface area contributed by atoms with Gasteiger partial charge in [-0.1, -0.05) is 27.7 Å². The molecule has 3 N–H and O–H groups in total. The van der Waals surface area contributed by atoms with E-state index in [1.807, 2.05) is 13.8 Å². The molecule has 3 nitrogen and oxygen atoms in total. The normalized spacial score (nSPS) is 13.1. The topological polar surface area (TPSA) is 52.5 Å². The van der Waals surface area contributed by atoms with Gasteiger partial charge in [0.25, 0.3) is 0 Å². The van der Waals surface area contributed by atoms with Crippen LogP contribution in [0.1, 0.15) is 53.4 Å². The van der Waals surface area contributed by atoms with Gasteiger partial charge < -0.3 is 15.5 Å². The third-order valence-corrected chi connectivity index (χ3v) is 4.11. The van der Waals surface area contributed by atoms with E-state index in [9.17, 15) is 10.2 Å². The second-order valence-corrected chi connectivity index (χ2v) is 4.90. The van der Waals surface area contributed by atoms with E-state index < -0.39 is 5.60 Å². The molecule has 0 atom stereocenters. The molecule has 0 amide bonds. The molecule has 0 saturated carbocycles. The monoisotopic (exact) mass is 231 g/mol. The van der Waals surface area contributed by atoms with Gasteiger partial charge in [0.2, 0.25) is 0 Å². The van der Waals surface area contributed by atoms with E-state index in [-0.39, 0.29) is 12.0 Å². The Morgan fingerprint density at radius 1 is 0.875 bits per heavy atom. The molecule has 0 heterocycles. The Morgan fingerprint density at radius 3 is 1.69 bits per heavy atom. The molecule has 16 heavy (non-hydrogen) atoms. The summed E-state index contributed by atoms with van der Waals surface area (Å²) in [4.78, 5) is 0. The molecule has 0 rings (SSSR count). The first-order valence-corrected chi connectivity index (χ1v) is 6.55. The van der Waals surface area contributed by atoms with Crippen LogP contribution in [0.15, 0.2) is 0 Å². The number of nitrogens with one attached hydrogen (secondary N) is 1. The van der Waals surface area contributed by atoms with Crippen molar-refractivity contribution >= 4 is 0 Å². The first-order valence-electron chi connectivity index (χ1n) is 6.55. The predicted octanol–water partition coefficient (Wildman–Crippen LogP) is 1.93. The van der Waals surface area contributed by atoms with Gasteiger partial charge in [-0.3, -0.25) is 0 Å². The van der Waals surface area contributed by atoms with Crippen LogP contribution in [0.4, 0.5) is 0 Å². The molecule has 0 saturated heterocycles. The molecule has 98 valence electrons. The summed E-state index contributed by atoms with van der Waals surface area (Å²) in [5.41, 5.74) is -0.620. The molecule has 0 aromatic heterocycles. The molecular formula is C13H29NO2. The summed E-state index contributed by atoms with van der Waals surface area (Å²) in [5, 5.41) is 22.8. The van der Waals surface area contributed by atoms with Gasteiger partial charge in [0.15, 0.2) is 0 Å². The first-order chi connectivity index (χ1) is 7.51. The number of aliphatic hydroxyl groups excluding tert-OH is 1. The van der Waals surface area contributed by atoms with Gasteiger partial charge in [-0.15, -0.1) is 0 Å². The smallest absolute Gasteiger partial charge is 0.0766 e. The van der Waals surface area contributed by atoms with Crippen LogP contribution in [0.2, 0.25) is 0 Å². The van der Waals surface area contributed by atoms with E-state index in [1.54, 1.807) is 0 Å². The van der Waals surface area contributed by atoms with Gasteiger partial charge in [0.1, 0.15) is 0 Å². The van der Waals surface area contributed by atoms with Crippen molar-refractivity contribution in [2.75, 3.05) is 19.7 Å². The summed E-state index contributed by atoms with van der Waals surface area (Å²) < 4.78 is 0. The largest absolute Gasteiger partial charge is 0.396 e. The lowest BCUT2D eigenvalue weighted by atomic mass is 9.83. The van der Waals surface area contributed by atoms with E-state index in [1.165, 1.54) is 0 Å². The van der Waals surface area contributed by atoms with Crippen molar-refractivity contribution in [3.63, 3.8) is 0 Å². The average molecular weight is 231 g/mol. The maximum atomic E-state index is 10.1. The summed E-state index contributed by atoms with van der Waals surface area (Å²) in [6.07, 6.45) is 3.45.